The van der Waals surface area contributed by atoms with Gasteiger partial charge in [-0.05, 0) is 12.2 Å². The molecule has 0 saturated heterocycles. The van der Waals surface area contributed by atoms with Crippen molar-refractivity contribution >= 4 is 23.3 Å². The number of rotatable bonds is 16. The Hall–Kier alpha value is -1.55. The summed E-state index contributed by atoms with van der Waals surface area (Å²) >= 11 is 1.45. The normalized spacial score (nSPS) is 13.8. The van der Waals surface area contributed by atoms with Gasteiger partial charge >= 0.3 is 0 Å². The Morgan fingerprint density at radius 2 is 1.10 bits per heavy atom. The molecule has 0 atom stereocenters. The van der Waals surface area contributed by atoms with Crippen molar-refractivity contribution in [1.29, 1.82) is 0 Å². The Morgan fingerprint density at radius 1 is 0.667 bits per heavy atom. The number of thioether (sulfide) groups is 1. The molecule has 0 heterocycles. The van der Waals surface area contributed by atoms with E-state index in [4.69, 9.17) is 5.73 Å². The average molecular weight is 430 g/mol. The lowest BCUT2D eigenvalue weighted by Gasteiger charge is -2.17. The van der Waals surface area contributed by atoms with Gasteiger partial charge in [0.1, 0.15) is 0 Å². The van der Waals surface area contributed by atoms with Gasteiger partial charge in [-0.25, -0.2) is 0 Å². The van der Waals surface area contributed by atoms with Crippen molar-refractivity contribution < 1.29 is 9.59 Å². The Morgan fingerprint density at radius 3 is 1.60 bits per heavy atom. The van der Waals surface area contributed by atoms with Crippen molar-refractivity contribution in [3.63, 3.8) is 0 Å². The first-order chi connectivity index (χ1) is 14.7. The summed E-state index contributed by atoms with van der Waals surface area (Å²) in [6, 6.07) is 6.96. The zero-order chi connectivity index (χ0) is 21.6. The molecule has 1 aliphatic carbocycles. The van der Waals surface area contributed by atoms with Crippen molar-refractivity contribution in [1.82, 2.24) is 0 Å². The standard InChI is InChI=1S/C26H39NO2S/c1-2-3-4-5-6-7-8-9-10-11-12-13-14-17-20-30-26-23(27)24(28)21-18-15-16-19-22(21)25(26)29/h15-16,18-19H,2-14,17,20,27H2,1H3. The van der Waals surface area contributed by atoms with Crippen molar-refractivity contribution in [2.75, 3.05) is 5.75 Å². The highest BCUT2D eigenvalue weighted by Gasteiger charge is 2.30. The van der Waals surface area contributed by atoms with Gasteiger partial charge in [-0.1, -0.05) is 115 Å². The fourth-order valence-corrected chi connectivity index (χ4v) is 5.03. The van der Waals surface area contributed by atoms with Crippen LogP contribution in [0.1, 0.15) is 118 Å². The van der Waals surface area contributed by atoms with E-state index >= 15 is 0 Å². The first-order valence-electron chi connectivity index (χ1n) is 12.0. The minimum absolute atomic E-state index is 0.0990. The number of hydrogen-bond acceptors (Lipinski definition) is 4. The van der Waals surface area contributed by atoms with Crippen LogP contribution in [0, 0.1) is 0 Å². The lowest BCUT2D eigenvalue weighted by atomic mass is 9.93. The van der Waals surface area contributed by atoms with Gasteiger partial charge in [-0.2, -0.15) is 0 Å². The van der Waals surface area contributed by atoms with Crippen LogP contribution in [-0.2, 0) is 0 Å². The number of carbonyl (C=O) groups is 2. The summed E-state index contributed by atoms with van der Waals surface area (Å²) in [6.45, 7) is 2.27. The summed E-state index contributed by atoms with van der Waals surface area (Å²) in [4.78, 5) is 25.5. The minimum atomic E-state index is -0.214. The molecule has 2 rings (SSSR count). The zero-order valence-electron chi connectivity index (χ0n) is 18.7. The van der Waals surface area contributed by atoms with E-state index in [0.29, 0.717) is 16.0 Å². The molecular weight excluding hydrogens is 390 g/mol. The molecule has 0 radical (unpaired) electrons. The van der Waals surface area contributed by atoms with E-state index in [1.807, 2.05) is 0 Å². The highest BCUT2D eigenvalue weighted by Crippen LogP contribution is 2.31. The van der Waals surface area contributed by atoms with E-state index in [-0.39, 0.29) is 17.3 Å². The number of allylic oxidation sites excluding steroid dienone is 2. The lowest BCUT2D eigenvalue weighted by molar-refractivity contribution is 0.0980. The van der Waals surface area contributed by atoms with Gasteiger partial charge in [0.25, 0.3) is 0 Å². The Balaban J connectivity index is 1.50. The van der Waals surface area contributed by atoms with Crippen LogP contribution in [0.15, 0.2) is 34.9 Å². The van der Waals surface area contributed by atoms with Gasteiger partial charge < -0.3 is 5.73 Å². The van der Waals surface area contributed by atoms with Gasteiger partial charge in [-0.3, -0.25) is 9.59 Å². The van der Waals surface area contributed by atoms with Crippen molar-refractivity contribution in [2.45, 2.75) is 96.8 Å². The summed E-state index contributed by atoms with van der Waals surface area (Å²) in [5.74, 6) is 0.529. The number of Topliss-reactive ketones (excluding diaryl/α,β-unsaturated/α-hetero) is 2. The Labute approximate surface area is 187 Å². The smallest absolute Gasteiger partial charge is 0.210 e. The Kier molecular flexibility index (Phi) is 11.9. The lowest BCUT2D eigenvalue weighted by Crippen LogP contribution is -2.25. The molecule has 0 aliphatic heterocycles. The van der Waals surface area contributed by atoms with Gasteiger partial charge in [0.05, 0.1) is 10.6 Å². The van der Waals surface area contributed by atoms with E-state index in [1.165, 1.54) is 95.2 Å². The molecule has 1 aromatic rings. The molecule has 0 amide bonds. The molecule has 0 fully saturated rings. The Bertz CT molecular complexity index is 711. The first-order valence-corrected chi connectivity index (χ1v) is 13.0. The van der Waals surface area contributed by atoms with E-state index in [0.717, 1.165) is 12.2 Å². The summed E-state index contributed by atoms with van der Waals surface area (Å²) in [5.41, 5.74) is 7.01. The van der Waals surface area contributed by atoms with Gasteiger partial charge in [0, 0.05) is 11.1 Å². The third kappa shape index (κ3) is 7.94. The van der Waals surface area contributed by atoms with Crippen LogP contribution in [0.25, 0.3) is 0 Å². The molecule has 3 nitrogen and oxygen atoms in total. The number of fused-ring (bicyclic) bond motifs is 1. The number of benzene rings is 1. The van der Waals surface area contributed by atoms with Crippen LogP contribution in [0.3, 0.4) is 0 Å². The number of nitrogens with two attached hydrogens (primary N) is 1. The van der Waals surface area contributed by atoms with Crippen molar-refractivity contribution in [3.8, 4) is 0 Å². The molecule has 0 spiro atoms. The quantitative estimate of drug-likeness (QED) is 0.277. The van der Waals surface area contributed by atoms with Crippen LogP contribution in [0.5, 0.6) is 0 Å². The largest absolute Gasteiger partial charge is 0.395 e. The predicted octanol–water partition coefficient (Wildman–Crippen LogP) is 7.45. The highest BCUT2D eigenvalue weighted by molar-refractivity contribution is 8.04. The van der Waals surface area contributed by atoms with Crippen LogP contribution < -0.4 is 5.73 Å². The number of unbranched alkanes of at least 4 members (excludes halogenated alkanes) is 13. The second-order valence-corrected chi connectivity index (χ2v) is 9.50. The third-order valence-corrected chi connectivity index (χ3v) is 7.04. The SMILES string of the molecule is CCCCCCCCCCCCCCCCSC1=C(N)C(=O)c2ccccc2C1=O. The van der Waals surface area contributed by atoms with Crippen LogP contribution in [0.4, 0.5) is 0 Å². The molecule has 1 aliphatic rings. The van der Waals surface area contributed by atoms with Gasteiger partial charge in [0.2, 0.25) is 11.6 Å². The summed E-state index contributed by atoms with van der Waals surface area (Å²) < 4.78 is 0. The molecule has 0 aromatic heterocycles. The van der Waals surface area contributed by atoms with Crippen LogP contribution in [-0.4, -0.2) is 17.3 Å². The predicted molar refractivity (Wildman–Crippen MR) is 129 cm³/mol. The molecule has 0 bridgehead atoms. The van der Waals surface area contributed by atoms with Gasteiger partial charge in [0.15, 0.2) is 0 Å². The molecular formula is C26H39NO2S. The number of hydrogen-bond donors (Lipinski definition) is 1. The monoisotopic (exact) mass is 429 g/mol. The molecule has 4 heteroatoms. The maximum absolute atomic E-state index is 12.6. The third-order valence-electron chi connectivity index (χ3n) is 5.86. The van der Waals surface area contributed by atoms with Crippen molar-refractivity contribution in [2.24, 2.45) is 5.73 Å². The first kappa shape index (κ1) is 24.7. The van der Waals surface area contributed by atoms with E-state index < -0.39 is 0 Å². The number of ketones is 2. The second-order valence-electron chi connectivity index (χ2n) is 8.39. The van der Waals surface area contributed by atoms with Crippen LogP contribution >= 0.6 is 11.8 Å². The maximum atomic E-state index is 12.6. The molecule has 0 saturated carbocycles. The average Bonchev–Trinajstić information content (AvgIpc) is 2.77. The fourth-order valence-electron chi connectivity index (χ4n) is 3.99. The van der Waals surface area contributed by atoms with Gasteiger partial charge in [-0.15, -0.1) is 11.8 Å². The van der Waals surface area contributed by atoms with Crippen molar-refractivity contribution in [3.05, 3.63) is 46.0 Å². The van der Waals surface area contributed by atoms with Crippen LogP contribution in [0.2, 0.25) is 0 Å². The summed E-state index contributed by atoms with van der Waals surface area (Å²) in [7, 11) is 0. The topological polar surface area (TPSA) is 60.2 Å². The minimum Gasteiger partial charge on any atom is -0.395 e. The number of carbonyl (C=O) groups excluding carboxylic acids is 2. The second kappa shape index (κ2) is 14.5. The molecule has 30 heavy (non-hydrogen) atoms. The van der Waals surface area contributed by atoms with E-state index in [1.54, 1.807) is 24.3 Å². The highest BCUT2D eigenvalue weighted by atomic mass is 32.2. The molecule has 1 aromatic carbocycles. The maximum Gasteiger partial charge on any atom is 0.210 e. The summed E-state index contributed by atoms with van der Waals surface area (Å²) in [6.07, 6.45) is 18.7. The van der Waals surface area contributed by atoms with E-state index in [9.17, 15) is 9.59 Å². The van der Waals surface area contributed by atoms with E-state index in [2.05, 4.69) is 6.92 Å². The fraction of sp³-hybridized carbons (Fsp3) is 0.615. The molecule has 0 unspecified atom stereocenters. The summed E-state index contributed by atoms with van der Waals surface area (Å²) in [5, 5.41) is 0. The molecule has 166 valence electrons. The molecule has 2 N–H and O–H groups in total. The zero-order valence-corrected chi connectivity index (χ0v) is 19.5.